The van der Waals surface area contributed by atoms with Crippen molar-refractivity contribution in [3.8, 4) is 0 Å². The summed E-state index contributed by atoms with van der Waals surface area (Å²) >= 11 is 0. The van der Waals surface area contributed by atoms with Crippen molar-refractivity contribution in [2.45, 2.75) is 58.3 Å². The van der Waals surface area contributed by atoms with Crippen LogP contribution < -0.4 is 5.56 Å². The molecule has 0 radical (unpaired) electrons. The van der Waals surface area contributed by atoms with Crippen molar-refractivity contribution < 1.29 is 0 Å². The number of hydrogen-bond donors (Lipinski definition) is 0. The highest BCUT2D eigenvalue weighted by Gasteiger charge is 2.17. The van der Waals surface area contributed by atoms with Crippen LogP contribution in [0, 0.1) is 5.92 Å². The highest BCUT2D eigenvalue weighted by Crippen LogP contribution is 2.26. The van der Waals surface area contributed by atoms with E-state index in [-0.39, 0.29) is 11.5 Å². The molecular formula is C15H24N2O. The van der Waals surface area contributed by atoms with Crippen LogP contribution in [0.4, 0.5) is 0 Å². The van der Waals surface area contributed by atoms with E-state index >= 15 is 0 Å². The van der Waals surface area contributed by atoms with E-state index in [9.17, 15) is 4.79 Å². The first-order valence-electron chi connectivity index (χ1n) is 7.14. The summed E-state index contributed by atoms with van der Waals surface area (Å²) in [7, 11) is 1.86. The first kappa shape index (κ1) is 13.3. The quantitative estimate of drug-likeness (QED) is 0.824. The fourth-order valence-corrected chi connectivity index (χ4v) is 2.83. The van der Waals surface area contributed by atoms with Crippen LogP contribution in [0.3, 0.4) is 0 Å². The molecule has 1 aliphatic carbocycles. The second kappa shape index (κ2) is 5.68. The first-order chi connectivity index (χ1) is 8.59. The lowest BCUT2D eigenvalue weighted by Crippen LogP contribution is -2.27. The molecule has 0 bridgehead atoms. The van der Waals surface area contributed by atoms with Crippen molar-refractivity contribution in [2.75, 3.05) is 0 Å². The Hall–Kier alpha value is -1.12. The molecular weight excluding hydrogens is 224 g/mol. The summed E-state index contributed by atoms with van der Waals surface area (Å²) in [5.74, 6) is 1.93. The summed E-state index contributed by atoms with van der Waals surface area (Å²) in [6.07, 6.45) is 9.37. The van der Waals surface area contributed by atoms with Crippen molar-refractivity contribution in [1.29, 1.82) is 0 Å². The normalized spacial score (nSPS) is 17.3. The molecule has 100 valence electrons. The zero-order valence-corrected chi connectivity index (χ0v) is 11.8. The zero-order valence-electron chi connectivity index (χ0n) is 11.8. The zero-order chi connectivity index (χ0) is 13.1. The van der Waals surface area contributed by atoms with Crippen LogP contribution in [0.15, 0.2) is 11.0 Å². The second-order valence-electron chi connectivity index (χ2n) is 5.86. The fraction of sp³-hybridized carbons (Fsp3) is 0.733. The van der Waals surface area contributed by atoms with Gasteiger partial charge in [0.1, 0.15) is 5.82 Å². The molecule has 1 fully saturated rings. The van der Waals surface area contributed by atoms with Gasteiger partial charge in [0.15, 0.2) is 0 Å². The molecule has 0 spiro atoms. The van der Waals surface area contributed by atoms with E-state index in [0.29, 0.717) is 0 Å². The third-order valence-electron chi connectivity index (χ3n) is 4.11. The minimum Gasteiger partial charge on any atom is -0.300 e. The van der Waals surface area contributed by atoms with Crippen LogP contribution in [0.5, 0.6) is 0 Å². The largest absolute Gasteiger partial charge is 0.300 e. The molecule has 1 saturated carbocycles. The monoisotopic (exact) mass is 248 g/mol. The van der Waals surface area contributed by atoms with Crippen LogP contribution in [0.25, 0.3) is 0 Å². The minimum atomic E-state index is 0.130. The van der Waals surface area contributed by atoms with Gasteiger partial charge in [-0.2, -0.15) is 0 Å². The number of aromatic nitrogens is 2. The smallest absolute Gasteiger partial charge is 0.256 e. The Morgan fingerprint density at radius 2 is 2.00 bits per heavy atom. The molecule has 3 heteroatoms. The van der Waals surface area contributed by atoms with Crippen molar-refractivity contribution in [2.24, 2.45) is 13.0 Å². The van der Waals surface area contributed by atoms with Gasteiger partial charge < -0.3 is 0 Å². The van der Waals surface area contributed by atoms with Gasteiger partial charge in [0.2, 0.25) is 0 Å². The van der Waals surface area contributed by atoms with E-state index in [0.717, 1.165) is 23.7 Å². The van der Waals surface area contributed by atoms with Crippen LogP contribution in [0.2, 0.25) is 0 Å². The molecule has 0 saturated heterocycles. The van der Waals surface area contributed by atoms with Crippen LogP contribution in [-0.2, 0) is 13.5 Å². The highest BCUT2D eigenvalue weighted by molar-refractivity contribution is 5.12. The molecule has 1 aromatic rings. The first-order valence-corrected chi connectivity index (χ1v) is 7.14. The molecule has 0 aromatic carbocycles. The fourth-order valence-electron chi connectivity index (χ4n) is 2.83. The van der Waals surface area contributed by atoms with E-state index in [2.05, 4.69) is 4.98 Å². The topological polar surface area (TPSA) is 34.9 Å². The van der Waals surface area contributed by atoms with Gasteiger partial charge in [0, 0.05) is 25.2 Å². The third-order valence-corrected chi connectivity index (χ3v) is 4.11. The summed E-state index contributed by atoms with van der Waals surface area (Å²) in [5.41, 5.74) is 0.954. The summed E-state index contributed by atoms with van der Waals surface area (Å²) in [6, 6.07) is 0. The molecule has 0 amide bonds. The highest BCUT2D eigenvalue weighted by atomic mass is 16.1. The lowest BCUT2D eigenvalue weighted by Gasteiger charge is -2.22. The lowest BCUT2D eigenvalue weighted by molar-refractivity contribution is 0.347. The molecule has 1 heterocycles. The van der Waals surface area contributed by atoms with Crippen molar-refractivity contribution in [3.05, 3.63) is 27.9 Å². The van der Waals surface area contributed by atoms with Gasteiger partial charge in [-0.1, -0.05) is 46.0 Å². The van der Waals surface area contributed by atoms with Gasteiger partial charge in [-0.25, -0.2) is 4.98 Å². The van der Waals surface area contributed by atoms with Crippen LogP contribution in [0.1, 0.15) is 63.3 Å². The average Bonchev–Trinajstić information content (AvgIpc) is 2.36. The van der Waals surface area contributed by atoms with Gasteiger partial charge in [0.05, 0.1) is 0 Å². The van der Waals surface area contributed by atoms with Gasteiger partial charge >= 0.3 is 0 Å². The summed E-state index contributed by atoms with van der Waals surface area (Å²) in [4.78, 5) is 16.7. The van der Waals surface area contributed by atoms with Gasteiger partial charge in [-0.15, -0.1) is 0 Å². The molecule has 2 rings (SSSR count). The Morgan fingerprint density at radius 1 is 1.33 bits per heavy atom. The van der Waals surface area contributed by atoms with E-state index in [1.165, 1.54) is 32.1 Å². The van der Waals surface area contributed by atoms with Crippen LogP contribution in [-0.4, -0.2) is 9.55 Å². The standard InChI is InChI=1S/C15H24N2O/c1-11(2)13-10-16-14(17(3)15(13)18)9-12-7-5-4-6-8-12/h10-12H,4-9H2,1-3H3. The SMILES string of the molecule is CC(C)c1cnc(CC2CCCCC2)n(C)c1=O. The number of hydrogen-bond acceptors (Lipinski definition) is 2. The lowest BCUT2D eigenvalue weighted by atomic mass is 9.87. The molecule has 3 nitrogen and oxygen atoms in total. The Morgan fingerprint density at radius 3 is 2.61 bits per heavy atom. The number of nitrogens with zero attached hydrogens (tertiary/aromatic N) is 2. The maximum Gasteiger partial charge on any atom is 0.256 e. The van der Waals surface area contributed by atoms with Crippen molar-refractivity contribution in [3.63, 3.8) is 0 Å². The summed E-state index contributed by atoms with van der Waals surface area (Å²) in [5, 5.41) is 0. The van der Waals surface area contributed by atoms with Gasteiger partial charge in [-0.3, -0.25) is 9.36 Å². The predicted molar refractivity (Wildman–Crippen MR) is 73.8 cm³/mol. The van der Waals surface area contributed by atoms with Crippen molar-refractivity contribution >= 4 is 0 Å². The molecule has 0 N–H and O–H groups in total. The van der Waals surface area contributed by atoms with E-state index < -0.39 is 0 Å². The second-order valence-corrected chi connectivity index (χ2v) is 5.86. The Bertz CT molecular complexity index is 456. The Kier molecular flexibility index (Phi) is 4.20. The summed E-state index contributed by atoms with van der Waals surface area (Å²) in [6.45, 7) is 4.08. The molecule has 1 aromatic heterocycles. The molecule has 0 aliphatic heterocycles. The third kappa shape index (κ3) is 2.82. The van der Waals surface area contributed by atoms with Gasteiger partial charge in [-0.05, 0) is 11.8 Å². The van der Waals surface area contributed by atoms with E-state index in [1.54, 1.807) is 10.8 Å². The molecule has 0 unspecified atom stereocenters. The maximum atomic E-state index is 12.2. The minimum absolute atomic E-state index is 0.130. The molecule has 0 atom stereocenters. The van der Waals surface area contributed by atoms with E-state index in [1.807, 2.05) is 20.9 Å². The van der Waals surface area contributed by atoms with Crippen molar-refractivity contribution in [1.82, 2.24) is 9.55 Å². The predicted octanol–water partition coefficient (Wildman–Crippen LogP) is 3.03. The van der Waals surface area contributed by atoms with E-state index in [4.69, 9.17) is 0 Å². The Balaban J connectivity index is 2.19. The van der Waals surface area contributed by atoms with Crippen LogP contribution >= 0.6 is 0 Å². The molecule has 1 aliphatic rings. The molecule has 18 heavy (non-hydrogen) atoms. The Labute approximate surface area is 109 Å². The summed E-state index contributed by atoms with van der Waals surface area (Å²) < 4.78 is 1.75. The average molecular weight is 248 g/mol. The van der Waals surface area contributed by atoms with Gasteiger partial charge in [0.25, 0.3) is 5.56 Å². The number of rotatable bonds is 3. The maximum absolute atomic E-state index is 12.2.